The van der Waals surface area contributed by atoms with E-state index in [-0.39, 0.29) is 0 Å². The number of hydrogen-bond acceptors (Lipinski definition) is 2. The molecule has 0 N–H and O–H groups in total. The first-order chi connectivity index (χ1) is 12.6. The van der Waals surface area contributed by atoms with Crippen LogP contribution in [0.4, 0.5) is 18.9 Å². The van der Waals surface area contributed by atoms with Gasteiger partial charge in [-0.05, 0) is 62.2 Å². The van der Waals surface area contributed by atoms with Crippen molar-refractivity contribution in [1.82, 2.24) is 4.90 Å². The zero-order chi connectivity index (χ0) is 20.2. The van der Waals surface area contributed by atoms with E-state index in [2.05, 4.69) is 0 Å². The van der Waals surface area contributed by atoms with E-state index in [4.69, 9.17) is 16.6 Å². The van der Waals surface area contributed by atoms with Crippen molar-refractivity contribution in [3.63, 3.8) is 0 Å². The average Bonchev–Trinajstić information content (AvgIpc) is 2.59. The Balaban J connectivity index is 2.47. The second kappa shape index (κ2) is 9.02. The standard InChI is InChI=1S/C20H22ClF3N2S/c1-5-26(4)19(15-6-8-16(21)9-7-15)25-17-11-18(14(3)10-13(17)2)27-12-20(22,23)24/h6-11H,5,12H2,1-4H3/b25-19-. The second-order valence-corrected chi connectivity index (χ2v) is 7.72. The number of aryl methyl sites for hydroxylation is 2. The Labute approximate surface area is 167 Å². The van der Waals surface area contributed by atoms with Crippen LogP contribution in [0.2, 0.25) is 5.02 Å². The molecule has 2 aromatic rings. The highest BCUT2D eigenvalue weighted by molar-refractivity contribution is 7.99. The summed E-state index contributed by atoms with van der Waals surface area (Å²) in [6.07, 6.45) is -4.21. The highest BCUT2D eigenvalue weighted by atomic mass is 35.5. The topological polar surface area (TPSA) is 15.6 Å². The monoisotopic (exact) mass is 414 g/mol. The van der Waals surface area contributed by atoms with E-state index < -0.39 is 11.9 Å². The van der Waals surface area contributed by atoms with E-state index in [9.17, 15) is 13.2 Å². The molecule has 0 unspecified atom stereocenters. The highest BCUT2D eigenvalue weighted by Gasteiger charge is 2.27. The third kappa shape index (κ3) is 6.18. The first kappa shape index (κ1) is 21.6. The van der Waals surface area contributed by atoms with Gasteiger partial charge < -0.3 is 4.90 Å². The Kier molecular flexibility index (Phi) is 7.23. The van der Waals surface area contributed by atoms with Crippen molar-refractivity contribution in [1.29, 1.82) is 0 Å². The molecule has 0 aliphatic carbocycles. The van der Waals surface area contributed by atoms with E-state index in [1.54, 1.807) is 18.2 Å². The predicted molar refractivity (Wildman–Crippen MR) is 109 cm³/mol. The third-order valence-electron chi connectivity index (χ3n) is 4.05. The molecule has 0 bridgehead atoms. The highest BCUT2D eigenvalue weighted by Crippen LogP contribution is 2.34. The van der Waals surface area contributed by atoms with Gasteiger partial charge in [-0.15, -0.1) is 11.8 Å². The van der Waals surface area contributed by atoms with Crippen LogP contribution in [0.1, 0.15) is 23.6 Å². The summed E-state index contributed by atoms with van der Waals surface area (Å²) >= 11 is 6.77. The zero-order valence-corrected chi connectivity index (χ0v) is 17.3. The first-order valence-corrected chi connectivity index (χ1v) is 9.83. The lowest BCUT2D eigenvalue weighted by Crippen LogP contribution is -2.27. The minimum Gasteiger partial charge on any atom is -0.359 e. The van der Waals surface area contributed by atoms with Crippen molar-refractivity contribution in [2.24, 2.45) is 4.99 Å². The molecule has 0 heterocycles. The van der Waals surface area contributed by atoms with Crippen LogP contribution < -0.4 is 0 Å². The van der Waals surface area contributed by atoms with Gasteiger partial charge in [-0.25, -0.2) is 4.99 Å². The van der Waals surface area contributed by atoms with Crippen LogP contribution in [-0.4, -0.2) is 36.3 Å². The number of benzene rings is 2. The van der Waals surface area contributed by atoms with Crippen LogP contribution in [0.15, 0.2) is 46.3 Å². The maximum absolute atomic E-state index is 12.6. The van der Waals surface area contributed by atoms with Gasteiger partial charge in [0.05, 0.1) is 11.4 Å². The van der Waals surface area contributed by atoms with Crippen LogP contribution in [0.25, 0.3) is 0 Å². The molecule has 0 amide bonds. The molecule has 0 saturated carbocycles. The molecule has 146 valence electrons. The number of amidine groups is 1. The van der Waals surface area contributed by atoms with Gasteiger partial charge in [0.2, 0.25) is 0 Å². The summed E-state index contributed by atoms with van der Waals surface area (Å²) in [6.45, 7) is 6.48. The maximum Gasteiger partial charge on any atom is 0.398 e. The minimum absolute atomic E-state index is 0.589. The largest absolute Gasteiger partial charge is 0.398 e. The molecule has 7 heteroatoms. The number of halogens is 4. The van der Waals surface area contributed by atoms with E-state index in [1.165, 1.54) is 0 Å². The van der Waals surface area contributed by atoms with E-state index >= 15 is 0 Å². The number of rotatable bonds is 5. The normalized spacial score (nSPS) is 12.4. The van der Waals surface area contributed by atoms with Crippen LogP contribution >= 0.6 is 23.4 Å². The van der Waals surface area contributed by atoms with E-state index in [0.717, 1.165) is 40.8 Å². The molecule has 0 aliphatic rings. The molecule has 0 aliphatic heterocycles. The molecule has 0 atom stereocenters. The number of alkyl halides is 3. The molecular formula is C20H22ClF3N2S. The van der Waals surface area contributed by atoms with Crippen molar-refractivity contribution in [3.05, 3.63) is 58.1 Å². The molecule has 2 nitrogen and oxygen atoms in total. The molecule has 0 aromatic heterocycles. The van der Waals surface area contributed by atoms with E-state index in [1.807, 2.05) is 50.9 Å². The lowest BCUT2D eigenvalue weighted by atomic mass is 10.1. The van der Waals surface area contributed by atoms with Crippen molar-refractivity contribution in [2.75, 3.05) is 19.3 Å². The van der Waals surface area contributed by atoms with Crippen molar-refractivity contribution in [3.8, 4) is 0 Å². The molecule has 2 aromatic carbocycles. The average molecular weight is 415 g/mol. The summed E-state index contributed by atoms with van der Waals surface area (Å²) < 4.78 is 37.8. The summed E-state index contributed by atoms with van der Waals surface area (Å²) in [5.74, 6) is -0.174. The Morgan fingerprint density at radius 1 is 1.11 bits per heavy atom. The zero-order valence-electron chi connectivity index (χ0n) is 15.7. The molecule has 0 radical (unpaired) electrons. The molecule has 0 spiro atoms. The lowest BCUT2D eigenvalue weighted by Gasteiger charge is -2.20. The summed E-state index contributed by atoms with van der Waals surface area (Å²) in [7, 11) is 1.93. The molecule has 2 rings (SSSR count). The molecular weight excluding hydrogens is 393 g/mol. The van der Waals surface area contributed by atoms with Crippen molar-refractivity contribution < 1.29 is 13.2 Å². The van der Waals surface area contributed by atoms with Gasteiger partial charge >= 0.3 is 6.18 Å². The number of nitrogens with zero attached hydrogens (tertiary/aromatic N) is 2. The predicted octanol–water partition coefficient (Wildman–Crippen LogP) is 6.64. The van der Waals surface area contributed by atoms with Crippen LogP contribution in [0.5, 0.6) is 0 Å². The minimum atomic E-state index is -4.21. The van der Waals surface area contributed by atoms with Crippen LogP contribution in [0, 0.1) is 13.8 Å². The van der Waals surface area contributed by atoms with Gasteiger partial charge in [0, 0.05) is 29.1 Å². The summed E-state index contributed by atoms with van der Waals surface area (Å²) in [6, 6.07) is 11.0. The van der Waals surface area contributed by atoms with Gasteiger partial charge in [0.25, 0.3) is 0 Å². The van der Waals surface area contributed by atoms with E-state index in [0.29, 0.717) is 15.6 Å². The van der Waals surface area contributed by atoms with Crippen LogP contribution in [-0.2, 0) is 0 Å². The molecule has 27 heavy (non-hydrogen) atoms. The number of thioether (sulfide) groups is 1. The smallest absolute Gasteiger partial charge is 0.359 e. The fraction of sp³-hybridized carbons (Fsp3) is 0.350. The Morgan fingerprint density at radius 3 is 2.30 bits per heavy atom. The number of aliphatic imine (C=N–C) groups is 1. The second-order valence-electron chi connectivity index (χ2n) is 6.26. The first-order valence-electron chi connectivity index (χ1n) is 8.47. The Morgan fingerprint density at radius 2 is 1.74 bits per heavy atom. The maximum atomic E-state index is 12.6. The Hall–Kier alpha value is -1.66. The van der Waals surface area contributed by atoms with Gasteiger partial charge in [-0.1, -0.05) is 17.7 Å². The van der Waals surface area contributed by atoms with Crippen LogP contribution in [0.3, 0.4) is 0 Å². The van der Waals surface area contributed by atoms with Gasteiger partial charge in [-0.3, -0.25) is 0 Å². The van der Waals surface area contributed by atoms with Crippen molar-refractivity contribution in [2.45, 2.75) is 31.8 Å². The summed E-state index contributed by atoms with van der Waals surface area (Å²) in [5, 5.41) is 0.634. The summed E-state index contributed by atoms with van der Waals surface area (Å²) in [5.41, 5.74) is 3.29. The van der Waals surface area contributed by atoms with Crippen molar-refractivity contribution >= 4 is 34.9 Å². The fourth-order valence-electron chi connectivity index (χ4n) is 2.49. The quantitative estimate of drug-likeness (QED) is 0.309. The summed E-state index contributed by atoms with van der Waals surface area (Å²) in [4.78, 5) is 7.36. The number of hydrogen-bond donors (Lipinski definition) is 0. The van der Waals surface area contributed by atoms with Gasteiger partial charge in [0.15, 0.2) is 0 Å². The molecule has 0 saturated heterocycles. The van der Waals surface area contributed by atoms with Gasteiger partial charge in [-0.2, -0.15) is 13.2 Å². The Bertz CT molecular complexity index is 817. The third-order valence-corrected chi connectivity index (χ3v) is 5.52. The SMILES string of the molecule is CCN(C)/C(=N\c1cc(SCC(F)(F)F)c(C)cc1C)c1ccc(Cl)cc1. The lowest BCUT2D eigenvalue weighted by molar-refractivity contribution is -0.105. The fourth-order valence-corrected chi connectivity index (χ4v) is 3.42. The molecule has 0 fully saturated rings. The van der Waals surface area contributed by atoms with Gasteiger partial charge in [0.1, 0.15) is 5.84 Å².